The van der Waals surface area contributed by atoms with E-state index in [1.54, 1.807) is 12.1 Å². The van der Waals surface area contributed by atoms with Gasteiger partial charge in [-0.05, 0) is 43.5 Å². The molecule has 1 fully saturated rings. The van der Waals surface area contributed by atoms with Crippen molar-refractivity contribution in [1.82, 2.24) is 0 Å². The molecule has 5 nitrogen and oxygen atoms in total. The van der Waals surface area contributed by atoms with Gasteiger partial charge < -0.3 is 11.1 Å². The normalized spacial score (nSPS) is 16.2. The Morgan fingerprint density at radius 3 is 2.28 bits per heavy atom. The van der Waals surface area contributed by atoms with Crippen molar-refractivity contribution in [2.24, 2.45) is 11.1 Å². The van der Waals surface area contributed by atoms with Crippen molar-refractivity contribution in [3.05, 3.63) is 29.8 Å². The molecule has 0 radical (unpaired) electrons. The Balaban J connectivity index is 2.08. The zero-order valence-electron chi connectivity index (χ0n) is 9.77. The van der Waals surface area contributed by atoms with Gasteiger partial charge in [0.1, 0.15) is 5.41 Å². The second-order valence-corrected chi connectivity index (χ2v) is 4.44. The maximum absolute atomic E-state index is 11.9. The van der Waals surface area contributed by atoms with E-state index in [1.807, 2.05) is 0 Å². The third-order valence-electron chi connectivity index (χ3n) is 3.28. The lowest BCUT2D eigenvalue weighted by atomic mass is 9.69. The van der Waals surface area contributed by atoms with Crippen LogP contribution in [0.1, 0.15) is 29.6 Å². The summed E-state index contributed by atoms with van der Waals surface area (Å²) in [5.41, 5.74) is 5.19. The van der Waals surface area contributed by atoms with E-state index < -0.39 is 11.3 Å². The van der Waals surface area contributed by atoms with Gasteiger partial charge in [0.05, 0.1) is 6.07 Å². The van der Waals surface area contributed by atoms with E-state index in [2.05, 4.69) is 11.4 Å². The van der Waals surface area contributed by atoms with E-state index in [1.165, 1.54) is 12.1 Å². The Kier molecular flexibility index (Phi) is 3.02. The fourth-order valence-electron chi connectivity index (χ4n) is 1.89. The van der Waals surface area contributed by atoms with Crippen molar-refractivity contribution < 1.29 is 9.59 Å². The summed E-state index contributed by atoms with van der Waals surface area (Å²) in [6, 6.07) is 8.36. The minimum atomic E-state index is -0.873. The second-order valence-electron chi connectivity index (χ2n) is 4.44. The summed E-state index contributed by atoms with van der Waals surface area (Å²) in [7, 11) is 0. The Bertz CT molecular complexity index is 524. The number of anilines is 1. The van der Waals surface area contributed by atoms with Crippen molar-refractivity contribution >= 4 is 17.5 Å². The molecule has 0 atom stereocenters. The minimum Gasteiger partial charge on any atom is -0.366 e. The summed E-state index contributed by atoms with van der Waals surface area (Å²) in [4.78, 5) is 22.8. The number of primary amides is 1. The monoisotopic (exact) mass is 243 g/mol. The van der Waals surface area contributed by atoms with Crippen LogP contribution >= 0.6 is 0 Å². The molecule has 92 valence electrons. The van der Waals surface area contributed by atoms with Crippen LogP contribution < -0.4 is 11.1 Å². The third-order valence-corrected chi connectivity index (χ3v) is 3.28. The molecule has 0 unspecified atom stereocenters. The molecule has 18 heavy (non-hydrogen) atoms. The number of rotatable bonds is 3. The molecule has 1 aliphatic carbocycles. The smallest absolute Gasteiger partial charge is 0.248 e. The van der Waals surface area contributed by atoms with Gasteiger partial charge >= 0.3 is 0 Å². The lowest BCUT2D eigenvalue weighted by Gasteiger charge is -2.33. The van der Waals surface area contributed by atoms with E-state index in [0.717, 1.165) is 6.42 Å². The molecular formula is C13H13N3O2. The van der Waals surface area contributed by atoms with Gasteiger partial charge in [0.15, 0.2) is 0 Å². The summed E-state index contributed by atoms with van der Waals surface area (Å²) >= 11 is 0. The second kappa shape index (κ2) is 4.49. The Morgan fingerprint density at radius 1 is 1.28 bits per heavy atom. The Labute approximate surface area is 105 Å². The number of hydrogen-bond acceptors (Lipinski definition) is 3. The van der Waals surface area contributed by atoms with E-state index >= 15 is 0 Å². The first kappa shape index (κ1) is 12.1. The first-order valence-corrected chi connectivity index (χ1v) is 5.70. The number of carbonyl (C=O) groups excluding carboxylic acids is 2. The lowest BCUT2D eigenvalue weighted by Crippen LogP contribution is -2.40. The predicted octanol–water partition coefficient (Wildman–Crippen LogP) is 1.42. The van der Waals surface area contributed by atoms with Crippen LogP contribution in [0.2, 0.25) is 0 Å². The molecule has 0 aliphatic heterocycles. The number of benzene rings is 1. The van der Waals surface area contributed by atoms with Crippen LogP contribution in [0.5, 0.6) is 0 Å². The zero-order chi connectivity index (χ0) is 13.2. The zero-order valence-corrected chi connectivity index (χ0v) is 9.77. The molecule has 1 aromatic rings. The molecule has 0 heterocycles. The molecule has 5 heteroatoms. The van der Waals surface area contributed by atoms with Crippen molar-refractivity contribution in [3.63, 3.8) is 0 Å². The van der Waals surface area contributed by atoms with Crippen molar-refractivity contribution in [2.75, 3.05) is 5.32 Å². The Morgan fingerprint density at radius 2 is 1.89 bits per heavy atom. The molecule has 2 rings (SSSR count). The summed E-state index contributed by atoms with van der Waals surface area (Å²) in [6.07, 6.45) is 2.12. The van der Waals surface area contributed by atoms with Crippen molar-refractivity contribution in [1.29, 1.82) is 5.26 Å². The standard InChI is InChI=1S/C13H13N3O2/c14-8-13(6-1-7-13)12(18)16-10-4-2-9(3-5-10)11(15)17/h2-5H,1,6-7H2,(H2,15,17)(H,16,18). The highest BCUT2D eigenvalue weighted by molar-refractivity contribution is 5.98. The molecule has 3 N–H and O–H groups in total. The van der Waals surface area contributed by atoms with Gasteiger partial charge in [0.25, 0.3) is 0 Å². The average molecular weight is 243 g/mol. The SMILES string of the molecule is N#CC1(C(=O)Nc2ccc(C(N)=O)cc2)CCC1. The van der Waals surface area contributed by atoms with Crippen molar-refractivity contribution in [3.8, 4) is 6.07 Å². The molecule has 0 aromatic heterocycles. The van der Waals surface area contributed by atoms with Crippen LogP contribution in [0.4, 0.5) is 5.69 Å². The maximum Gasteiger partial charge on any atom is 0.248 e. The highest BCUT2D eigenvalue weighted by Gasteiger charge is 2.44. The highest BCUT2D eigenvalue weighted by Crippen LogP contribution is 2.41. The summed E-state index contributed by atoms with van der Waals surface area (Å²) in [5.74, 6) is -0.788. The lowest BCUT2D eigenvalue weighted by molar-refractivity contribution is -0.126. The number of carbonyl (C=O) groups is 2. The summed E-state index contributed by atoms with van der Waals surface area (Å²) in [6.45, 7) is 0. The highest BCUT2D eigenvalue weighted by atomic mass is 16.2. The van der Waals surface area contributed by atoms with Gasteiger partial charge in [-0.2, -0.15) is 5.26 Å². The van der Waals surface area contributed by atoms with Crippen molar-refractivity contribution in [2.45, 2.75) is 19.3 Å². The fourth-order valence-corrected chi connectivity index (χ4v) is 1.89. The van der Waals surface area contributed by atoms with Gasteiger partial charge in [-0.15, -0.1) is 0 Å². The molecule has 0 saturated heterocycles. The number of hydrogen-bond donors (Lipinski definition) is 2. The number of nitriles is 1. The van der Waals surface area contributed by atoms with Crippen LogP contribution in [-0.2, 0) is 4.79 Å². The first-order chi connectivity index (χ1) is 8.57. The van der Waals surface area contributed by atoms with Gasteiger partial charge in [0, 0.05) is 11.3 Å². The maximum atomic E-state index is 11.9. The first-order valence-electron chi connectivity index (χ1n) is 5.70. The number of nitrogens with two attached hydrogens (primary N) is 1. The molecule has 2 amide bonds. The quantitative estimate of drug-likeness (QED) is 0.840. The summed E-state index contributed by atoms with van der Waals surface area (Å²) < 4.78 is 0. The van der Waals surface area contributed by atoms with E-state index in [9.17, 15) is 9.59 Å². The van der Waals surface area contributed by atoms with E-state index in [4.69, 9.17) is 11.0 Å². The van der Waals surface area contributed by atoms with Gasteiger partial charge in [-0.25, -0.2) is 0 Å². The number of nitrogens with zero attached hydrogens (tertiary/aromatic N) is 1. The largest absolute Gasteiger partial charge is 0.366 e. The summed E-state index contributed by atoms with van der Waals surface area (Å²) in [5, 5.41) is 11.7. The van der Waals surface area contributed by atoms with E-state index in [-0.39, 0.29) is 5.91 Å². The molecule has 1 saturated carbocycles. The topological polar surface area (TPSA) is 96.0 Å². The molecular weight excluding hydrogens is 230 g/mol. The van der Waals surface area contributed by atoms with Crippen LogP contribution in [0.3, 0.4) is 0 Å². The Hall–Kier alpha value is -2.35. The average Bonchev–Trinajstić information content (AvgIpc) is 2.29. The molecule has 0 spiro atoms. The molecule has 1 aromatic carbocycles. The van der Waals surface area contributed by atoms with Gasteiger partial charge in [-0.3, -0.25) is 9.59 Å². The van der Waals surface area contributed by atoms with E-state index in [0.29, 0.717) is 24.1 Å². The van der Waals surface area contributed by atoms with Crippen LogP contribution in [-0.4, -0.2) is 11.8 Å². The molecule has 1 aliphatic rings. The van der Waals surface area contributed by atoms with Crippen LogP contribution in [0, 0.1) is 16.7 Å². The van der Waals surface area contributed by atoms with Gasteiger partial charge in [0.2, 0.25) is 11.8 Å². The predicted molar refractivity (Wildman–Crippen MR) is 65.5 cm³/mol. The number of amides is 2. The van der Waals surface area contributed by atoms with Crippen LogP contribution in [0.25, 0.3) is 0 Å². The molecule has 0 bridgehead atoms. The minimum absolute atomic E-state index is 0.275. The fraction of sp³-hybridized carbons (Fsp3) is 0.308. The third kappa shape index (κ3) is 2.05. The van der Waals surface area contributed by atoms with Gasteiger partial charge in [-0.1, -0.05) is 0 Å². The van der Waals surface area contributed by atoms with Crippen LogP contribution in [0.15, 0.2) is 24.3 Å². The number of nitrogens with one attached hydrogen (secondary N) is 1.